The van der Waals surface area contributed by atoms with Gasteiger partial charge in [-0.1, -0.05) is 11.6 Å². The summed E-state index contributed by atoms with van der Waals surface area (Å²) in [6, 6.07) is 9.11. The number of benzene rings is 1. The van der Waals surface area contributed by atoms with Crippen LogP contribution in [-0.4, -0.2) is 50.3 Å². The first-order chi connectivity index (χ1) is 15.0. The summed E-state index contributed by atoms with van der Waals surface area (Å²) in [7, 11) is 1.81. The summed E-state index contributed by atoms with van der Waals surface area (Å²) in [6.07, 6.45) is 1.93. The lowest BCUT2D eigenvalue weighted by atomic mass is 10.3. The number of nitrogens with zero attached hydrogens (tertiary/aromatic N) is 2. The van der Waals surface area contributed by atoms with Crippen LogP contribution in [0.3, 0.4) is 0 Å². The molecule has 0 atom stereocenters. The van der Waals surface area contributed by atoms with E-state index in [1.807, 2.05) is 13.1 Å². The highest BCUT2D eigenvalue weighted by Crippen LogP contribution is 2.28. The number of nitrogens with one attached hydrogen (secondary N) is 5. The van der Waals surface area contributed by atoms with Crippen LogP contribution in [0, 0.1) is 11.3 Å². The molecule has 0 unspecified atom stereocenters. The van der Waals surface area contributed by atoms with Crippen molar-refractivity contribution in [3.63, 3.8) is 0 Å². The molecule has 5 N–H and O–H groups in total. The van der Waals surface area contributed by atoms with Gasteiger partial charge in [0.2, 0.25) is 0 Å². The molecule has 4 amide bonds. The summed E-state index contributed by atoms with van der Waals surface area (Å²) in [5, 5.41) is 22.8. The van der Waals surface area contributed by atoms with Crippen LogP contribution in [0.2, 0.25) is 5.02 Å². The second-order valence-corrected chi connectivity index (χ2v) is 6.69. The minimum atomic E-state index is -0.538. The van der Waals surface area contributed by atoms with Crippen LogP contribution < -0.4 is 31.3 Å². The van der Waals surface area contributed by atoms with Gasteiger partial charge >= 0.3 is 12.1 Å². The van der Waals surface area contributed by atoms with Crippen LogP contribution in [0.4, 0.5) is 21.1 Å². The lowest BCUT2D eigenvalue weighted by molar-refractivity contribution is 0.239. The number of rotatable bonds is 10. The summed E-state index contributed by atoms with van der Waals surface area (Å²) in [5.41, 5.74) is 0.776. The van der Waals surface area contributed by atoms with Crippen molar-refractivity contribution in [1.82, 2.24) is 20.9 Å². The number of urea groups is 2. The molecule has 0 saturated heterocycles. The molecule has 0 aliphatic heterocycles. The molecule has 0 aliphatic rings. The third kappa shape index (κ3) is 8.77. The zero-order valence-electron chi connectivity index (χ0n) is 17.0. The fourth-order valence-electron chi connectivity index (χ4n) is 2.35. The predicted molar refractivity (Wildman–Crippen MR) is 118 cm³/mol. The summed E-state index contributed by atoms with van der Waals surface area (Å²) >= 11 is 6.04. The van der Waals surface area contributed by atoms with E-state index in [4.69, 9.17) is 21.6 Å². The SMILES string of the molecule is CNCCNC(=O)NCCCOc1ccc(Cl)cc1NC(=O)Nc1ccc(C#N)cn1. The standard InChI is InChI=1S/C20H24ClN7O3/c1-23-8-9-25-19(29)24-7-2-10-31-17-5-4-15(21)11-16(17)27-20(30)28-18-6-3-14(12-22)13-26-18/h3-6,11,13,23H,2,7-10H2,1H3,(H2,24,25,29)(H2,26,27,28,30). The van der Waals surface area contributed by atoms with E-state index in [0.29, 0.717) is 60.5 Å². The summed E-state index contributed by atoms with van der Waals surface area (Å²) in [5.74, 6) is 0.728. The topological polar surface area (TPSA) is 140 Å². The van der Waals surface area contributed by atoms with E-state index < -0.39 is 6.03 Å². The van der Waals surface area contributed by atoms with Crippen LogP contribution in [0.15, 0.2) is 36.5 Å². The Morgan fingerprint density at radius 1 is 1.10 bits per heavy atom. The molecule has 0 radical (unpaired) electrons. The van der Waals surface area contributed by atoms with Crippen molar-refractivity contribution in [3.05, 3.63) is 47.1 Å². The molecule has 2 rings (SSSR count). The number of carbonyl (C=O) groups excluding carboxylic acids is 2. The molecular weight excluding hydrogens is 422 g/mol. The highest BCUT2D eigenvalue weighted by atomic mass is 35.5. The van der Waals surface area contributed by atoms with Crippen LogP contribution in [0.25, 0.3) is 0 Å². The van der Waals surface area contributed by atoms with Crippen molar-refractivity contribution < 1.29 is 14.3 Å². The molecule has 0 spiro atoms. The van der Waals surface area contributed by atoms with Crippen molar-refractivity contribution in [2.45, 2.75) is 6.42 Å². The maximum Gasteiger partial charge on any atom is 0.324 e. The quantitative estimate of drug-likeness (QED) is 0.356. The number of likely N-dealkylation sites (N-methyl/N-ethyl adjacent to an activating group) is 1. The predicted octanol–water partition coefficient (Wildman–Crippen LogP) is 2.54. The summed E-state index contributed by atoms with van der Waals surface area (Å²) in [4.78, 5) is 27.8. The Morgan fingerprint density at radius 2 is 1.90 bits per heavy atom. The Kier molecular flexibility index (Phi) is 9.87. The molecular formula is C20H24ClN7O3. The average molecular weight is 446 g/mol. The van der Waals surface area contributed by atoms with E-state index in [-0.39, 0.29) is 6.03 Å². The molecule has 0 aliphatic carbocycles. The lowest BCUT2D eigenvalue weighted by Crippen LogP contribution is -2.39. The Morgan fingerprint density at radius 3 is 2.61 bits per heavy atom. The highest BCUT2D eigenvalue weighted by molar-refractivity contribution is 6.31. The van der Waals surface area contributed by atoms with Crippen molar-refractivity contribution in [2.24, 2.45) is 0 Å². The van der Waals surface area contributed by atoms with Crippen molar-refractivity contribution in [2.75, 3.05) is 43.9 Å². The van der Waals surface area contributed by atoms with E-state index in [9.17, 15) is 9.59 Å². The van der Waals surface area contributed by atoms with E-state index in [1.165, 1.54) is 12.3 Å². The number of hydrogen-bond acceptors (Lipinski definition) is 6. The van der Waals surface area contributed by atoms with Gasteiger partial charge in [0.05, 0.1) is 17.9 Å². The third-order valence-corrected chi connectivity index (χ3v) is 4.08. The van der Waals surface area contributed by atoms with E-state index in [1.54, 1.807) is 24.3 Å². The second-order valence-electron chi connectivity index (χ2n) is 6.25. The maximum absolute atomic E-state index is 12.3. The first-order valence-electron chi connectivity index (χ1n) is 9.54. The van der Waals surface area contributed by atoms with Gasteiger partial charge in [-0.2, -0.15) is 5.26 Å². The monoisotopic (exact) mass is 445 g/mol. The number of hydrogen-bond donors (Lipinski definition) is 5. The fraction of sp³-hybridized carbons (Fsp3) is 0.300. The average Bonchev–Trinajstić information content (AvgIpc) is 2.75. The largest absolute Gasteiger partial charge is 0.491 e. The van der Waals surface area contributed by atoms with Gasteiger partial charge in [-0.15, -0.1) is 0 Å². The van der Waals surface area contributed by atoms with Crippen LogP contribution in [0.5, 0.6) is 5.75 Å². The zero-order valence-corrected chi connectivity index (χ0v) is 17.8. The van der Waals surface area contributed by atoms with Crippen LogP contribution in [-0.2, 0) is 0 Å². The number of nitriles is 1. The number of anilines is 2. The summed E-state index contributed by atoms with van der Waals surface area (Å²) < 4.78 is 5.72. The molecule has 0 saturated carbocycles. The Bertz CT molecular complexity index is 916. The van der Waals surface area contributed by atoms with Gasteiger partial charge in [0.25, 0.3) is 0 Å². The second kappa shape index (κ2) is 12.9. The van der Waals surface area contributed by atoms with Crippen LogP contribution in [0.1, 0.15) is 12.0 Å². The molecule has 0 bridgehead atoms. The molecule has 10 nitrogen and oxygen atoms in total. The Balaban J connectivity index is 1.82. The normalized spacial score (nSPS) is 9.97. The molecule has 2 aromatic rings. The number of aromatic nitrogens is 1. The summed E-state index contributed by atoms with van der Waals surface area (Å²) in [6.45, 7) is 1.99. The minimum absolute atomic E-state index is 0.239. The number of ether oxygens (including phenoxy) is 1. The molecule has 0 fully saturated rings. The van der Waals surface area contributed by atoms with Gasteiger partial charge in [-0.05, 0) is 43.8 Å². The highest BCUT2D eigenvalue weighted by Gasteiger charge is 2.10. The van der Waals surface area contributed by atoms with Crippen molar-refractivity contribution >= 4 is 35.2 Å². The van der Waals surface area contributed by atoms with Gasteiger partial charge < -0.3 is 26.0 Å². The molecule has 1 aromatic carbocycles. The van der Waals surface area contributed by atoms with Gasteiger partial charge in [-0.3, -0.25) is 5.32 Å². The van der Waals surface area contributed by atoms with Gasteiger partial charge in [-0.25, -0.2) is 14.6 Å². The van der Waals surface area contributed by atoms with Gasteiger partial charge in [0.1, 0.15) is 17.6 Å². The Labute approximate surface area is 185 Å². The van der Waals surface area contributed by atoms with Gasteiger partial charge in [0, 0.05) is 30.9 Å². The lowest BCUT2D eigenvalue weighted by Gasteiger charge is -2.14. The molecule has 31 heavy (non-hydrogen) atoms. The Hall–Kier alpha value is -3.55. The smallest absolute Gasteiger partial charge is 0.324 e. The van der Waals surface area contributed by atoms with Crippen molar-refractivity contribution in [3.8, 4) is 11.8 Å². The molecule has 1 heterocycles. The minimum Gasteiger partial charge on any atom is -0.491 e. The third-order valence-electron chi connectivity index (χ3n) is 3.85. The van der Waals surface area contributed by atoms with E-state index >= 15 is 0 Å². The fourth-order valence-corrected chi connectivity index (χ4v) is 2.52. The maximum atomic E-state index is 12.3. The number of carbonyl (C=O) groups is 2. The van der Waals surface area contributed by atoms with Crippen molar-refractivity contribution in [1.29, 1.82) is 5.26 Å². The number of pyridine rings is 1. The molecule has 11 heteroatoms. The zero-order chi connectivity index (χ0) is 22.5. The first-order valence-corrected chi connectivity index (χ1v) is 9.92. The number of halogens is 1. The molecule has 1 aromatic heterocycles. The number of amides is 4. The first kappa shape index (κ1) is 23.7. The van der Waals surface area contributed by atoms with E-state index in [2.05, 4.69) is 31.6 Å². The van der Waals surface area contributed by atoms with E-state index in [0.717, 1.165) is 0 Å². The van der Waals surface area contributed by atoms with Crippen LogP contribution >= 0.6 is 11.6 Å². The molecule has 164 valence electrons. The van der Waals surface area contributed by atoms with Gasteiger partial charge in [0.15, 0.2) is 0 Å².